The number of aromatic amines is 1. The number of anilines is 3. The fourth-order valence-electron chi connectivity index (χ4n) is 6.10. The maximum atomic E-state index is 12.5. The van der Waals surface area contributed by atoms with Gasteiger partial charge in [-0.25, -0.2) is 4.98 Å². The molecule has 2 aromatic heterocycles. The number of hydrogen-bond acceptors (Lipinski definition) is 7. The molecule has 5 rings (SSSR count). The van der Waals surface area contributed by atoms with E-state index in [1.54, 1.807) is 13.3 Å². The van der Waals surface area contributed by atoms with Crippen LogP contribution in [0, 0.1) is 5.92 Å². The van der Waals surface area contributed by atoms with Crippen molar-refractivity contribution in [1.82, 2.24) is 25.1 Å². The molecule has 0 fully saturated rings. The lowest BCUT2D eigenvalue weighted by Gasteiger charge is -2.22. The summed E-state index contributed by atoms with van der Waals surface area (Å²) in [7, 11) is 5.83. The molecule has 0 aliphatic heterocycles. The van der Waals surface area contributed by atoms with Crippen molar-refractivity contribution in [3.8, 4) is 5.75 Å². The second-order valence-corrected chi connectivity index (χ2v) is 12.3. The Kier molecular flexibility index (Phi) is 10.3. The van der Waals surface area contributed by atoms with Crippen LogP contribution in [0.3, 0.4) is 0 Å². The number of benzene rings is 2. The van der Waals surface area contributed by atoms with Crippen molar-refractivity contribution in [2.24, 2.45) is 5.92 Å². The van der Waals surface area contributed by atoms with Gasteiger partial charge in [-0.3, -0.25) is 9.89 Å². The fourth-order valence-corrected chi connectivity index (χ4v) is 6.10. The van der Waals surface area contributed by atoms with Crippen LogP contribution in [0.1, 0.15) is 74.3 Å². The quantitative estimate of drug-likeness (QED) is 0.113. The summed E-state index contributed by atoms with van der Waals surface area (Å²) in [4.78, 5) is 24.5. The van der Waals surface area contributed by atoms with Crippen LogP contribution in [0.4, 0.5) is 17.3 Å². The molecule has 0 spiro atoms. The number of unbranched alkanes of at least 4 members (excludes halogenated alkanes) is 1. The number of methoxy groups -OCH3 is 1. The Morgan fingerprint density at radius 3 is 2.80 bits per heavy atom. The van der Waals surface area contributed by atoms with E-state index in [1.165, 1.54) is 17.2 Å². The summed E-state index contributed by atoms with van der Waals surface area (Å²) >= 11 is 0. The van der Waals surface area contributed by atoms with Crippen LogP contribution in [0.15, 0.2) is 61.3 Å². The van der Waals surface area contributed by atoms with Gasteiger partial charge in [0.15, 0.2) is 5.65 Å². The molecule has 4 aromatic rings. The average Bonchev–Trinajstić information content (AvgIpc) is 3.49. The number of carbonyl (C=O) groups excluding carboxylic acids is 1. The smallest absolute Gasteiger partial charge is 0.247 e. The maximum Gasteiger partial charge on any atom is 0.247 e. The van der Waals surface area contributed by atoms with Gasteiger partial charge >= 0.3 is 0 Å². The summed E-state index contributed by atoms with van der Waals surface area (Å²) in [6.45, 7) is 9.19. The van der Waals surface area contributed by atoms with E-state index >= 15 is 0 Å². The highest BCUT2D eigenvalue weighted by Gasteiger charge is 2.22. The summed E-state index contributed by atoms with van der Waals surface area (Å²) in [6, 6.07) is 12.5. The van der Waals surface area contributed by atoms with Crippen LogP contribution in [0.25, 0.3) is 16.6 Å². The number of hydrogen-bond donors (Lipinski definition) is 3. The molecule has 9 heteroatoms. The van der Waals surface area contributed by atoms with E-state index in [2.05, 4.69) is 90.6 Å². The largest absolute Gasteiger partial charge is 0.495 e. The number of amides is 1. The van der Waals surface area contributed by atoms with Gasteiger partial charge in [-0.2, -0.15) is 10.1 Å². The summed E-state index contributed by atoms with van der Waals surface area (Å²) in [5.41, 5.74) is 7.40. The summed E-state index contributed by atoms with van der Waals surface area (Å²) in [6.07, 6.45) is 11.6. The molecule has 0 saturated carbocycles. The van der Waals surface area contributed by atoms with Crippen molar-refractivity contribution >= 4 is 39.8 Å². The van der Waals surface area contributed by atoms with Crippen molar-refractivity contribution in [2.45, 2.75) is 58.3 Å². The summed E-state index contributed by atoms with van der Waals surface area (Å²) in [5, 5.41) is 14.6. The molecule has 0 saturated heterocycles. The zero-order valence-corrected chi connectivity index (χ0v) is 27.1. The minimum atomic E-state index is -0.270. The number of rotatable bonds is 12. The number of nitrogens with one attached hydrogen (secondary N) is 3. The predicted octanol–water partition coefficient (Wildman–Crippen LogP) is 7.47. The number of ether oxygens (including phenoxy) is 1. The SMILES string of the molecule is C=CC(=O)Nc1cc(Nc2nc(C3=CCCC(C)Cc4ccccc43)c3cn[nH]c3n2)c(OC)cc1C(C)CCCCN(C)C. The van der Waals surface area contributed by atoms with Crippen LogP contribution in [-0.2, 0) is 11.2 Å². The lowest BCUT2D eigenvalue weighted by molar-refractivity contribution is -0.111. The molecule has 2 unspecified atom stereocenters. The Morgan fingerprint density at radius 1 is 1.20 bits per heavy atom. The van der Waals surface area contributed by atoms with E-state index in [9.17, 15) is 4.79 Å². The first-order valence-electron chi connectivity index (χ1n) is 15.8. The molecule has 0 bridgehead atoms. The van der Waals surface area contributed by atoms with E-state index < -0.39 is 0 Å². The van der Waals surface area contributed by atoms with E-state index in [-0.39, 0.29) is 11.8 Å². The Hall–Kier alpha value is -4.50. The number of fused-ring (bicyclic) bond motifs is 2. The van der Waals surface area contributed by atoms with Gasteiger partial charge in [-0.15, -0.1) is 0 Å². The van der Waals surface area contributed by atoms with Crippen molar-refractivity contribution in [3.63, 3.8) is 0 Å². The first-order valence-corrected chi connectivity index (χ1v) is 15.8. The van der Waals surface area contributed by atoms with Crippen LogP contribution >= 0.6 is 0 Å². The van der Waals surface area contributed by atoms with E-state index in [0.717, 1.165) is 67.3 Å². The van der Waals surface area contributed by atoms with Gasteiger partial charge < -0.3 is 20.3 Å². The van der Waals surface area contributed by atoms with E-state index in [1.807, 2.05) is 12.1 Å². The molecule has 0 radical (unpaired) electrons. The zero-order chi connectivity index (χ0) is 31.9. The van der Waals surface area contributed by atoms with Crippen LogP contribution in [0.5, 0.6) is 5.75 Å². The second kappa shape index (κ2) is 14.5. The molecule has 2 aromatic carbocycles. The van der Waals surface area contributed by atoms with Crippen LogP contribution in [-0.4, -0.2) is 58.7 Å². The van der Waals surface area contributed by atoms with Gasteiger partial charge in [0, 0.05) is 11.3 Å². The third-order valence-electron chi connectivity index (χ3n) is 8.53. The molecule has 1 aliphatic carbocycles. The molecule has 45 heavy (non-hydrogen) atoms. The number of nitrogens with zero attached hydrogens (tertiary/aromatic N) is 4. The predicted molar refractivity (Wildman–Crippen MR) is 183 cm³/mol. The van der Waals surface area contributed by atoms with Gasteiger partial charge in [-0.1, -0.05) is 57.2 Å². The fraction of sp³-hybridized carbons (Fsp3) is 0.389. The topological polar surface area (TPSA) is 108 Å². The Labute approximate surface area is 266 Å². The number of carbonyl (C=O) groups is 1. The minimum Gasteiger partial charge on any atom is -0.495 e. The van der Waals surface area contributed by atoms with E-state index in [0.29, 0.717) is 34.6 Å². The molecular weight excluding hydrogens is 562 g/mol. The summed E-state index contributed by atoms with van der Waals surface area (Å²) in [5.74, 6) is 1.58. The highest BCUT2D eigenvalue weighted by atomic mass is 16.5. The monoisotopic (exact) mass is 607 g/mol. The first-order chi connectivity index (χ1) is 21.8. The van der Waals surface area contributed by atoms with Gasteiger partial charge in [0.25, 0.3) is 0 Å². The average molecular weight is 608 g/mol. The number of allylic oxidation sites excluding steroid dienone is 1. The van der Waals surface area contributed by atoms with Gasteiger partial charge in [0.05, 0.1) is 30.1 Å². The van der Waals surface area contributed by atoms with Gasteiger partial charge in [0.2, 0.25) is 11.9 Å². The third-order valence-corrected chi connectivity index (χ3v) is 8.53. The molecular formula is C36H45N7O2. The lowest BCUT2D eigenvalue weighted by atomic mass is 9.86. The molecule has 2 atom stereocenters. The highest BCUT2D eigenvalue weighted by molar-refractivity contribution is 6.00. The molecule has 2 heterocycles. The Balaban J connectivity index is 1.53. The lowest BCUT2D eigenvalue weighted by Crippen LogP contribution is -2.14. The van der Waals surface area contributed by atoms with Crippen LogP contribution in [0.2, 0.25) is 0 Å². The van der Waals surface area contributed by atoms with Crippen molar-refractivity contribution in [3.05, 3.63) is 83.7 Å². The minimum absolute atomic E-state index is 0.202. The molecule has 9 nitrogen and oxygen atoms in total. The number of H-pyrrole nitrogens is 1. The highest BCUT2D eigenvalue weighted by Crippen LogP contribution is 2.39. The molecule has 3 N–H and O–H groups in total. The number of aromatic nitrogens is 4. The third kappa shape index (κ3) is 7.60. The van der Waals surface area contributed by atoms with Crippen molar-refractivity contribution in [2.75, 3.05) is 38.4 Å². The Morgan fingerprint density at radius 2 is 2.02 bits per heavy atom. The molecule has 1 aliphatic rings. The standard InChI is InChI=1S/C36H45N7O2/c1-7-33(44)38-30-21-31(32(45-6)20-28(30)24(3)14-10-11-18-43(4)5)39-36-40-34(29-22-37-42-35(29)41-36)27-17-12-13-23(2)19-25-15-8-9-16-26(25)27/h7-9,15-17,20-24H,1,10-14,18-19H2,2-6H3,(H,38,44)(H2,37,39,40,41,42). The normalized spacial score (nSPS) is 15.5. The molecule has 1 amide bonds. The van der Waals surface area contributed by atoms with Crippen LogP contribution < -0.4 is 15.4 Å². The van der Waals surface area contributed by atoms with Gasteiger partial charge in [-0.05, 0) is 99.5 Å². The maximum absolute atomic E-state index is 12.5. The zero-order valence-electron chi connectivity index (χ0n) is 27.1. The Bertz CT molecular complexity index is 1690. The van der Waals surface area contributed by atoms with Crippen molar-refractivity contribution < 1.29 is 9.53 Å². The van der Waals surface area contributed by atoms with E-state index in [4.69, 9.17) is 14.7 Å². The first kappa shape index (κ1) is 31.9. The van der Waals surface area contributed by atoms with Crippen molar-refractivity contribution in [1.29, 1.82) is 0 Å². The molecule has 236 valence electrons. The summed E-state index contributed by atoms with van der Waals surface area (Å²) < 4.78 is 5.87. The van der Waals surface area contributed by atoms with Gasteiger partial charge in [0.1, 0.15) is 5.75 Å². The second-order valence-electron chi connectivity index (χ2n) is 12.3.